The van der Waals surface area contributed by atoms with Gasteiger partial charge < -0.3 is 19.6 Å². The van der Waals surface area contributed by atoms with Gasteiger partial charge in [-0.2, -0.15) is 4.91 Å². The van der Waals surface area contributed by atoms with E-state index >= 15 is 0 Å². The third kappa shape index (κ3) is 1.49. The summed E-state index contributed by atoms with van der Waals surface area (Å²) in [6.45, 7) is 0.353. The molecule has 0 amide bonds. The first kappa shape index (κ1) is 9.95. The molecule has 1 aromatic heterocycles. The maximum atomic E-state index is 10.2. The summed E-state index contributed by atoms with van der Waals surface area (Å²) >= 11 is 0. The Labute approximate surface area is 96.3 Å². The third-order valence-corrected chi connectivity index (χ3v) is 2.67. The Bertz CT molecular complexity index is 578. The van der Waals surface area contributed by atoms with Crippen LogP contribution in [0.1, 0.15) is 0 Å². The van der Waals surface area contributed by atoms with Crippen LogP contribution < -0.4 is 15.2 Å². The van der Waals surface area contributed by atoms with Gasteiger partial charge in [0.25, 0.3) is 0 Å². The Morgan fingerprint density at radius 3 is 3.24 bits per heavy atom. The molecule has 6 heteroatoms. The normalized spacial score (nSPS) is 18.2. The van der Waals surface area contributed by atoms with Gasteiger partial charge in [0, 0.05) is 6.07 Å². The number of rotatable bonds is 2. The summed E-state index contributed by atoms with van der Waals surface area (Å²) in [4.78, 5) is 10.2. The zero-order valence-corrected chi connectivity index (χ0v) is 8.88. The van der Waals surface area contributed by atoms with Gasteiger partial charge in [-0.05, 0) is 6.07 Å². The molecule has 0 saturated heterocycles. The molecule has 88 valence electrons. The standard InChI is InChI=1S/C11H10N2O4/c12-8-3-9-11(7-1-2-15-10(7)8)16-5-6(17-9)4-13-14/h1-3,6H,4-5,12H2/t6-/m0/s1. The van der Waals surface area contributed by atoms with E-state index in [-0.39, 0.29) is 12.6 Å². The number of benzene rings is 1. The summed E-state index contributed by atoms with van der Waals surface area (Å²) in [6.07, 6.45) is 1.19. The lowest BCUT2D eigenvalue weighted by Crippen LogP contribution is -2.31. The van der Waals surface area contributed by atoms with E-state index in [9.17, 15) is 4.91 Å². The molecule has 0 spiro atoms. The van der Waals surface area contributed by atoms with E-state index in [4.69, 9.17) is 19.6 Å². The zero-order chi connectivity index (χ0) is 11.8. The monoisotopic (exact) mass is 234 g/mol. The molecular weight excluding hydrogens is 224 g/mol. The summed E-state index contributed by atoms with van der Waals surface area (Å²) < 4.78 is 16.4. The lowest BCUT2D eigenvalue weighted by molar-refractivity contribution is 0.0987. The lowest BCUT2D eigenvalue weighted by atomic mass is 10.2. The van der Waals surface area contributed by atoms with Gasteiger partial charge in [0.2, 0.25) is 0 Å². The summed E-state index contributed by atoms with van der Waals surface area (Å²) in [5.41, 5.74) is 6.89. The number of anilines is 1. The minimum atomic E-state index is -0.358. The van der Waals surface area contributed by atoms with E-state index in [1.165, 1.54) is 0 Å². The Hall–Kier alpha value is -2.24. The van der Waals surface area contributed by atoms with Gasteiger partial charge in [0.05, 0.1) is 17.3 Å². The van der Waals surface area contributed by atoms with Crippen LogP contribution in [0.25, 0.3) is 11.0 Å². The van der Waals surface area contributed by atoms with E-state index in [1.54, 1.807) is 18.4 Å². The van der Waals surface area contributed by atoms with E-state index in [0.29, 0.717) is 29.4 Å². The van der Waals surface area contributed by atoms with E-state index in [0.717, 1.165) is 5.39 Å². The fourth-order valence-corrected chi connectivity index (χ4v) is 1.92. The van der Waals surface area contributed by atoms with Gasteiger partial charge in [0.15, 0.2) is 23.2 Å². The molecule has 0 saturated carbocycles. The first-order valence-electron chi connectivity index (χ1n) is 5.18. The molecule has 2 N–H and O–H groups in total. The summed E-state index contributed by atoms with van der Waals surface area (Å²) in [5.74, 6) is 1.13. The van der Waals surface area contributed by atoms with Crippen molar-refractivity contribution < 1.29 is 13.9 Å². The van der Waals surface area contributed by atoms with Crippen LogP contribution in [0.2, 0.25) is 0 Å². The molecule has 0 radical (unpaired) electrons. The molecule has 1 atom stereocenters. The fourth-order valence-electron chi connectivity index (χ4n) is 1.92. The van der Waals surface area contributed by atoms with Gasteiger partial charge in [-0.25, -0.2) is 0 Å². The zero-order valence-electron chi connectivity index (χ0n) is 8.88. The molecule has 0 bridgehead atoms. The topological polar surface area (TPSA) is 87.0 Å². The molecule has 0 aliphatic carbocycles. The first-order valence-corrected chi connectivity index (χ1v) is 5.18. The quantitative estimate of drug-likeness (QED) is 0.633. The lowest BCUT2D eigenvalue weighted by Gasteiger charge is -2.25. The van der Waals surface area contributed by atoms with Crippen molar-refractivity contribution in [2.24, 2.45) is 5.18 Å². The SMILES string of the molecule is Nc1cc2c(c3ccoc13)OC[C@H](CN=O)O2. The Balaban J connectivity index is 2.08. The highest BCUT2D eigenvalue weighted by Gasteiger charge is 2.25. The van der Waals surface area contributed by atoms with Crippen LogP contribution in [-0.2, 0) is 0 Å². The van der Waals surface area contributed by atoms with Gasteiger partial charge in [-0.15, -0.1) is 0 Å². The van der Waals surface area contributed by atoms with Crippen molar-refractivity contribution in [2.75, 3.05) is 18.9 Å². The number of fused-ring (bicyclic) bond motifs is 3. The van der Waals surface area contributed by atoms with Crippen molar-refractivity contribution in [3.8, 4) is 11.5 Å². The predicted octanol–water partition coefficient (Wildman–Crippen LogP) is 1.92. The number of nitrogens with zero attached hydrogens (tertiary/aromatic N) is 1. The number of nitroso groups, excluding NO2 is 1. The van der Waals surface area contributed by atoms with Crippen molar-refractivity contribution in [2.45, 2.75) is 6.10 Å². The number of hydrogen-bond donors (Lipinski definition) is 1. The predicted molar refractivity (Wildman–Crippen MR) is 61.2 cm³/mol. The third-order valence-electron chi connectivity index (χ3n) is 2.67. The molecule has 1 aliphatic rings. The van der Waals surface area contributed by atoms with Crippen molar-refractivity contribution in [3.63, 3.8) is 0 Å². The molecule has 0 unspecified atom stereocenters. The van der Waals surface area contributed by atoms with Crippen molar-refractivity contribution in [1.29, 1.82) is 0 Å². The smallest absolute Gasteiger partial charge is 0.172 e. The van der Waals surface area contributed by atoms with Crippen LogP contribution >= 0.6 is 0 Å². The fraction of sp³-hybridized carbons (Fsp3) is 0.273. The Morgan fingerprint density at radius 1 is 1.53 bits per heavy atom. The van der Waals surface area contributed by atoms with E-state index in [2.05, 4.69) is 5.18 Å². The molecule has 6 nitrogen and oxygen atoms in total. The molecule has 17 heavy (non-hydrogen) atoms. The number of furan rings is 1. The minimum absolute atomic E-state index is 0.0583. The highest BCUT2D eigenvalue weighted by atomic mass is 16.6. The van der Waals surface area contributed by atoms with Gasteiger partial charge >= 0.3 is 0 Å². The van der Waals surface area contributed by atoms with Crippen LogP contribution in [0, 0.1) is 4.91 Å². The molecule has 2 heterocycles. The molecular formula is C11H10N2O4. The number of ether oxygens (including phenoxy) is 2. The largest absolute Gasteiger partial charge is 0.485 e. The molecule has 0 fully saturated rings. The number of hydrogen-bond acceptors (Lipinski definition) is 6. The van der Waals surface area contributed by atoms with Crippen molar-refractivity contribution in [1.82, 2.24) is 0 Å². The van der Waals surface area contributed by atoms with Crippen LogP contribution in [0.4, 0.5) is 5.69 Å². The molecule has 1 aliphatic heterocycles. The average molecular weight is 234 g/mol. The maximum absolute atomic E-state index is 10.2. The second-order valence-electron chi connectivity index (χ2n) is 3.82. The van der Waals surface area contributed by atoms with Gasteiger partial charge in [-0.3, -0.25) is 0 Å². The van der Waals surface area contributed by atoms with Gasteiger partial charge in [-0.1, -0.05) is 5.18 Å². The molecule has 1 aromatic carbocycles. The first-order chi connectivity index (χ1) is 8.29. The number of nitrogen functional groups attached to an aromatic ring is 1. The maximum Gasteiger partial charge on any atom is 0.172 e. The Morgan fingerprint density at radius 2 is 2.41 bits per heavy atom. The van der Waals surface area contributed by atoms with Crippen LogP contribution in [0.15, 0.2) is 28.0 Å². The van der Waals surface area contributed by atoms with Crippen LogP contribution in [-0.4, -0.2) is 19.3 Å². The Kier molecular flexibility index (Phi) is 2.14. The van der Waals surface area contributed by atoms with Crippen molar-refractivity contribution >= 4 is 16.7 Å². The minimum Gasteiger partial charge on any atom is -0.485 e. The second-order valence-corrected chi connectivity index (χ2v) is 3.82. The number of nitrogens with two attached hydrogens (primary N) is 1. The molecule has 2 aromatic rings. The summed E-state index contributed by atoms with van der Waals surface area (Å²) in [5, 5.41) is 3.58. The highest BCUT2D eigenvalue weighted by Crippen LogP contribution is 2.42. The highest BCUT2D eigenvalue weighted by molar-refractivity contribution is 5.95. The summed E-state index contributed by atoms with van der Waals surface area (Å²) in [6, 6.07) is 3.41. The van der Waals surface area contributed by atoms with Crippen LogP contribution in [0.3, 0.4) is 0 Å². The summed E-state index contributed by atoms with van der Waals surface area (Å²) in [7, 11) is 0. The average Bonchev–Trinajstić information content (AvgIpc) is 2.79. The van der Waals surface area contributed by atoms with Crippen molar-refractivity contribution in [3.05, 3.63) is 23.3 Å². The van der Waals surface area contributed by atoms with E-state index < -0.39 is 0 Å². The molecule has 3 rings (SSSR count). The van der Waals surface area contributed by atoms with Gasteiger partial charge in [0.1, 0.15) is 13.2 Å². The second kappa shape index (κ2) is 3.65. The van der Waals surface area contributed by atoms with E-state index in [1.807, 2.05) is 0 Å². The van der Waals surface area contributed by atoms with Crippen LogP contribution in [0.5, 0.6) is 11.5 Å².